The summed E-state index contributed by atoms with van der Waals surface area (Å²) in [6, 6.07) is 12.3. The van der Waals surface area contributed by atoms with Crippen LogP contribution in [0.4, 0.5) is 14.5 Å². The highest BCUT2D eigenvalue weighted by Gasteiger charge is 2.31. The summed E-state index contributed by atoms with van der Waals surface area (Å²) >= 11 is 0. The van der Waals surface area contributed by atoms with E-state index in [9.17, 15) is 8.78 Å². The van der Waals surface area contributed by atoms with E-state index in [0.29, 0.717) is 11.6 Å². The van der Waals surface area contributed by atoms with E-state index in [0.717, 1.165) is 18.9 Å². The lowest BCUT2D eigenvalue weighted by molar-refractivity contribution is 0.371. The fraction of sp³-hybridized carbons (Fsp3) is 0.294. The summed E-state index contributed by atoms with van der Waals surface area (Å²) < 4.78 is 26.4. The minimum atomic E-state index is -0.542. The van der Waals surface area contributed by atoms with Crippen LogP contribution < -0.4 is 5.32 Å². The first-order chi connectivity index (χ1) is 9.63. The van der Waals surface area contributed by atoms with Gasteiger partial charge in [0.25, 0.3) is 0 Å². The lowest BCUT2D eigenvalue weighted by Crippen LogP contribution is -2.34. The maximum Gasteiger partial charge on any atom is 0.149 e. The molecule has 20 heavy (non-hydrogen) atoms. The zero-order valence-electron chi connectivity index (χ0n) is 11.4. The van der Waals surface area contributed by atoms with Crippen LogP contribution in [0.3, 0.4) is 0 Å². The molecule has 0 aromatic heterocycles. The topological polar surface area (TPSA) is 12.0 Å². The number of rotatable bonds is 3. The molecule has 0 spiro atoms. The lowest BCUT2D eigenvalue weighted by atomic mass is 9.74. The van der Waals surface area contributed by atoms with E-state index in [1.807, 2.05) is 6.07 Å². The Morgan fingerprint density at radius 1 is 1.05 bits per heavy atom. The molecule has 1 aliphatic carbocycles. The van der Waals surface area contributed by atoms with Crippen molar-refractivity contribution in [3.63, 3.8) is 0 Å². The molecule has 104 valence electrons. The summed E-state index contributed by atoms with van der Waals surface area (Å²) in [5.41, 5.74) is 3.08. The molecule has 2 aromatic rings. The fourth-order valence-corrected chi connectivity index (χ4v) is 2.86. The molecule has 0 bridgehead atoms. The maximum atomic E-state index is 13.6. The predicted octanol–water partition coefficient (Wildman–Crippen LogP) is 4.63. The molecule has 0 radical (unpaired) electrons. The van der Waals surface area contributed by atoms with Gasteiger partial charge >= 0.3 is 0 Å². The minimum Gasteiger partial charge on any atom is -0.380 e. The minimum absolute atomic E-state index is 0.263. The van der Waals surface area contributed by atoms with E-state index in [1.54, 1.807) is 0 Å². The average Bonchev–Trinajstić information content (AvgIpc) is 2.37. The largest absolute Gasteiger partial charge is 0.380 e. The molecule has 0 aliphatic heterocycles. The van der Waals surface area contributed by atoms with Crippen molar-refractivity contribution < 1.29 is 8.78 Å². The average molecular weight is 273 g/mol. The number of benzene rings is 2. The standard InChI is InChI=1S/C17H17F2N/c1-11-4-2-3-5-15(11)12-8-14(9-12)20-17-7-6-13(18)10-16(17)19/h2-7,10,12,14,20H,8-9H2,1H3. The quantitative estimate of drug-likeness (QED) is 0.859. The summed E-state index contributed by atoms with van der Waals surface area (Å²) in [7, 11) is 0. The maximum absolute atomic E-state index is 13.6. The van der Waals surface area contributed by atoms with Crippen LogP contribution in [0.15, 0.2) is 42.5 Å². The molecule has 1 N–H and O–H groups in total. The summed E-state index contributed by atoms with van der Waals surface area (Å²) in [5.74, 6) is -0.527. The van der Waals surface area contributed by atoms with Gasteiger partial charge in [0.15, 0.2) is 0 Å². The van der Waals surface area contributed by atoms with Gasteiger partial charge in [0.05, 0.1) is 5.69 Å². The van der Waals surface area contributed by atoms with E-state index >= 15 is 0 Å². The Balaban J connectivity index is 1.62. The molecule has 0 atom stereocenters. The Morgan fingerprint density at radius 2 is 1.80 bits per heavy atom. The first-order valence-corrected chi connectivity index (χ1v) is 6.90. The highest BCUT2D eigenvalue weighted by molar-refractivity contribution is 5.46. The molecule has 3 heteroatoms. The van der Waals surface area contributed by atoms with Gasteiger partial charge in [0.2, 0.25) is 0 Å². The molecule has 1 fully saturated rings. The van der Waals surface area contributed by atoms with Gasteiger partial charge in [0, 0.05) is 12.1 Å². The van der Waals surface area contributed by atoms with Gasteiger partial charge in [-0.05, 0) is 48.9 Å². The second-order valence-corrected chi connectivity index (χ2v) is 5.49. The van der Waals surface area contributed by atoms with E-state index in [4.69, 9.17) is 0 Å². The summed E-state index contributed by atoms with van der Waals surface area (Å²) in [4.78, 5) is 0. The van der Waals surface area contributed by atoms with Gasteiger partial charge in [-0.25, -0.2) is 8.78 Å². The van der Waals surface area contributed by atoms with Crippen LogP contribution in [-0.2, 0) is 0 Å². The Morgan fingerprint density at radius 3 is 2.50 bits per heavy atom. The van der Waals surface area contributed by atoms with Crippen LogP contribution in [0.25, 0.3) is 0 Å². The Labute approximate surface area is 117 Å². The Kier molecular flexibility index (Phi) is 3.43. The smallest absolute Gasteiger partial charge is 0.149 e. The summed E-state index contributed by atoms with van der Waals surface area (Å²) in [6.07, 6.45) is 1.98. The number of nitrogens with one attached hydrogen (secondary N) is 1. The third-order valence-corrected chi connectivity index (χ3v) is 4.06. The molecule has 1 nitrogen and oxygen atoms in total. The first kappa shape index (κ1) is 13.1. The number of aryl methyl sites for hydroxylation is 1. The van der Waals surface area contributed by atoms with Crippen molar-refractivity contribution in [3.8, 4) is 0 Å². The van der Waals surface area contributed by atoms with Gasteiger partial charge in [0.1, 0.15) is 11.6 Å². The number of hydrogen-bond donors (Lipinski definition) is 1. The Bertz CT molecular complexity index is 618. The highest BCUT2D eigenvalue weighted by atomic mass is 19.1. The fourth-order valence-electron chi connectivity index (χ4n) is 2.86. The Hall–Kier alpha value is -1.90. The van der Waals surface area contributed by atoms with Crippen molar-refractivity contribution in [1.82, 2.24) is 0 Å². The highest BCUT2D eigenvalue weighted by Crippen LogP contribution is 2.39. The van der Waals surface area contributed by atoms with Crippen molar-refractivity contribution in [2.24, 2.45) is 0 Å². The molecule has 2 aromatic carbocycles. The molecule has 0 heterocycles. The SMILES string of the molecule is Cc1ccccc1C1CC(Nc2ccc(F)cc2F)C1. The van der Waals surface area contributed by atoms with E-state index in [-0.39, 0.29) is 6.04 Å². The molecular weight excluding hydrogens is 256 g/mol. The monoisotopic (exact) mass is 273 g/mol. The zero-order chi connectivity index (χ0) is 14.1. The van der Waals surface area contributed by atoms with Gasteiger partial charge in [-0.1, -0.05) is 24.3 Å². The molecular formula is C17H17F2N. The van der Waals surface area contributed by atoms with Crippen LogP contribution in [0, 0.1) is 18.6 Å². The van der Waals surface area contributed by atoms with Crippen molar-refractivity contribution in [2.75, 3.05) is 5.32 Å². The second-order valence-electron chi connectivity index (χ2n) is 5.49. The van der Waals surface area contributed by atoms with Crippen LogP contribution >= 0.6 is 0 Å². The first-order valence-electron chi connectivity index (χ1n) is 6.90. The zero-order valence-corrected chi connectivity index (χ0v) is 11.4. The molecule has 1 saturated carbocycles. The lowest BCUT2D eigenvalue weighted by Gasteiger charge is -2.37. The van der Waals surface area contributed by atoms with Crippen LogP contribution in [0.1, 0.15) is 29.9 Å². The van der Waals surface area contributed by atoms with Crippen molar-refractivity contribution in [2.45, 2.75) is 31.7 Å². The van der Waals surface area contributed by atoms with Gasteiger partial charge < -0.3 is 5.32 Å². The molecule has 0 unspecified atom stereocenters. The molecule has 0 amide bonds. The van der Waals surface area contributed by atoms with Crippen molar-refractivity contribution >= 4 is 5.69 Å². The third kappa shape index (κ3) is 2.53. The van der Waals surface area contributed by atoms with Gasteiger partial charge in [-0.15, -0.1) is 0 Å². The van der Waals surface area contributed by atoms with Crippen LogP contribution in [0.2, 0.25) is 0 Å². The number of hydrogen-bond acceptors (Lipinski definition) is 1. The van der Waals surface area contributed by atoms with Crippen molar-refractivity contribution in [1.29, 1.82) is 0 Å². The summed E-state index contributed by atoms with van der Waals surface area (Å²) in [6.45, 7) is 2.12. The van der Waals surface area contributed by atoms with Gasteiger partial charge in [-0.3, -0.25) is 0 Å². The summed E-state index contributed by atoms with van der Waals surface area (Å²) in [5, 5.41) is 3.15. The van der Waals surface area contributed by atoms with E-state index in [2.05, 4.69) is 30.4 Å². The molecule has 3 rings (SSSR count). The van der Waals surface area contributed by atoms with Crippen molar-refractivity contribution in [3.05, 3.63) is 65.2 Å². The number of anilines is 1. The molecule has 0 saturated heterocycles. The molecule has 1 aliphatic rings. The number of halogens is 2. The predicted molar refractivity (Wildman–Crippen MR) is 76.9 cm³/mol. The third-order valence-electron chi connectivity index (χ3n) is 4.06. The second kappa shape index (κ2) is 5.23. The van der Waals surface area contributed by atoms with E-state index < -0.39 is 11.6 Å². The van der Waals surface area contributed by atoms with Crippen LogP contribution in [-0.4, -0.2) is 6.04 Å². The van der Waals surface area contributed by atoms with Gasteiger partial charge in [-0.2, -0.15) is 0 Å². The van der Waals surface area contributed by atoms with Crippen LogP contribution in [0.5, 0.6) is 0 Å². The normalized spacial score (nSPS) is 21.4. The van der Waals surface area contributed by atoms with E-state index in [1.165, 1.54) is 23.3 Å².